The van der Waals surface area contributed by atoms with Gasteiger partial charge in [0.15, 0.2) is 0 Å². The number of aryl methyl sites for hydroxylation is 1. The number of aliphatic hydroxyl groups is 2. The zero-order valence-corrected chi connectivity index (χ0v) is 12.9. The molecule has 1 aliphatic rings. The van der Waals surface area contributed by atoms with Crippen molar-refractivity contribution in [3.8, 4) is 0 Å². The number of ether oxygens (including phenoxy) is 1. The summed E-state index contributed by atoms with van der Waals surface area (Å²) in [5.41, 5.74) is -1.60. The fourth-order valence-electron chi connectivity index (χ4n) is 2.36. The van der Waals surface area contributed by atoms with E-state index < -0.39 is 23.4 Å². The molecular weight excluding hydrogens is 274 g/mol. The van der Waals surface area contributed by atoms with Crippen molar-refractivity contribution >= 4 is 6.09 Å². The lowest BCUT2D eigenvalue weighted by molar-refractivity contribution is -0.125. The molecule has 7 nitrogen and oxygen atoms in total. The van der Waals surface area contributed by atoms with Crippen molar-refractivity contribution in [1.82, 2.24) is 14.7 Å². The lowest BCUT2D eigenvalue weighted by Crippen LogP contribution is -2.55. The van der Waals surface area contributed by atoms with Gasteiger partial charge in [-0.2, -0.15) is 5.10 Å². The fraction of sp³-hybridized carbons (Fsp3) is 0.714. The molecule has 0 unspecified atom stereocenters. The number of piperidine rings is 1. The zero-order valence-electron chi connectivity index (χ0n) is 12.9. The molecule has 1 saturated heterocycles. The van der Waals surface area contributed by atoms with Crippen LogP contribution in [0, 0.1) is 0 Å². The molecule has 1 amide bonds. The molecule has 2 heterocycles. The van der Waals surface area contributed by atoms with Gasteiger partial charge in [-0.15, -0.1) is 0 Å². The molecule has 21 heavy (non-hydrogen) atoms. The molecular formula is C14H23N3O4. The minimum atomic E-state index is -1.43. The Morgan fingerprint density at radius 2 is 2.19 bits per heavy atom. The Balaban J connectivity index is 2.07. The highest BCUT2D eigenvalue weighted by molar-refractivity contribution is 5.68. The number of aromatic nitrogens is 2. The van der Waals surface area contributed by atoms with E-state index in [0.29, 0.717) is 12.2 Å². The highest BCUT2D eigenvalue weighted by Crippen LogP contribution is 2.32. The maximum Gasteiger partial charge on any atom is 0.410 e. The Morgan fingerprint density at radius 3 is 2.67 bits per heavy atom. The molecule has 1 aliphatic heterocycles. The lowest BCUT2D eigenvalue weighted by atomic mass is 9.86. The van der Waals surface area contributed by atoms with Crippen LogP contribution in [0.1, 0.15) is 32.9 Å². The molecule has 2 rings (SSSR count). The number of carbonyl (C=O) groups is 1. The number of nitrogens with zero attached hydrogens (tertiary/aromatic N) is 3. The van der Waals surface area contributed by atoms with Crippen LogP contribution in [0.2, 0.25) is 0 Å². The second-order valence-electron chi connectivity index (χ2n) is 6.49. The monoisotopic (exact) mass is 297 g/mol. The quantitative estimate of drug-likeness (QED) is 0.793. The molecule has 118 valence electrons. The molecule has 0 aromatic carbocycles. The molecule has 0 aliphatic carbocycles. The average molecular weight is 297 g/mol. The fourth-order valence-corrected chi connectivity index (χ4v) is 2.36. The van der Waals surface area contributed by atoms with Crippen LogP contribution in [0.3, 0.4) is 0 Å². The summed E-state index contributed by atoms with van der Waals surface area (Å²) >= 11 is 0. The number of amides is 1. The highest BCUT2D eigenvalue weighted by Gasteiger charge is 2.45. The van der Waals surface area contributed by atoms with Crippen molar-refractivity contribution in [2.45, 2.75) is 44.5 Å². The van der Waals surface area contributed by atoms with E-state index in [1.54, 1.807) is 44.8 Å². The predicted octanol–water partition coefficient (Wildman–Crippen LogP) is 0.609. The van der Waals surface area contributed by atoms with E-state index in [-0.39, 0.29) is 13.0 Å². The predicted molar refractivity (Wildman–Crippen MR) is 75.5 cm³/mol. The van der Waals surface area contributed by atoms with Crippen LogP contribution in [0.25, 0.3) is 0 Å². The first-order valence-electron chi connectivity index (χ1n) is 7.00. The van der Waals surface area contributed by atoms with E-state index in [0.717, 1.165) is 0 Å². The summed E-state index contributed by atoms with van der Waals surface area (Å²) in [5.74, 6) is 0. The molecule has 2 atom stereocenters. The van der Waals surface area contributed by atoms with E-state index >= 15 is 0 Å². The minimum Gasteiger partial charge on any atom is -0.444 e. The second-order valence-corrected chi connectivity index (χ2v) is 6.49. The van der Waals surface area contributed by atoms with Gasteiger partial charge in [0.25, 0.3) is 0 Å². The number of likely N-dealkylation sites (tertiary alicyclic amines) is 1. The van der Waals surface area contributed by atoms with Gasteiger partial charge in [0, 0.05) is 26.2 Å². The Hall–Kier alpha value is -1.60. The largest absolute Gasteiger partial charge is 0.444 e. The molecule has 1 aromatic heterocycles. The van der Waals surface area contributed by atoms with Crippen molar-refractivity contribution in [2.24, 2.45) is 7.05 Å². The van der Waals surface area contributed by atoms with Crippen LogP contribution in [0.5, 0.6) is 0 Å². The van der Waals surface area contributed by atoms with Gasteiger partial charge in [-0.05, 0) is 26.8 Å². The topological polar surface area (TPSA) is 87.8 Å². The van der Waals surface area contributed by atoms with E-state index in [1.165, 1.54) is 4.90 Å². The molecule has 2 N–H and O–H groups in total. The SMILES string of the molecule is Cn1ccc([C@]2(O)CCN(C(=O)OC(C)(C)C)C[C@H]2O)n1. The van der Waals surface area contributed by atoms with Crippen molar-refractivity contribution in [3.63, 3.8) is 0 Å². The van der Waals surface area contributed by atoms with Crippen LogP contribution in [0.15, 0.2) is 12.3 Å². The Labute approximate surface area is 124 Å². The molecule has 1 aromatic rings. The summed E-state index contributed by atoms with van der Waals surface area (Å²) in [6.07, 6.45) is 0.336. The van der Waals surface area contributed by atoms with E-state index in [9.17, 15) is 15.0 Å². The zero-order chi connectivity index (χ0) is 15.8. The first-order chi connectivity index (χ1) is 9.62. The minimum absolute atomic E-state index is 0.0159. The maximum atomic E-state index is 12.0. The summed E-state index contributed by atoms with van der Waals surface area (Å²) in [7, 11) is 1.75. The van der Waals surface area contributed by atoms with Crippen LogP contribution in [-0.4, -0.2) is 55.8 Å². The highest BCUT2D eigenvalue weighted by atomic mass is 16.6. The number of rotatable bonds is 1. The third-order valence-corrected chi connectivity index (χ3v) is 3.52. The summed E-state index contributed by atoms with van der Waals surface area (Å²) in [5, 5.41) is 25.1. The smallest absolute Gasteiger partial charge is 0.410 e. The number of hydrogen-bond donors (Lipinski definition) is 2. The third kappa shape index (κ3) is 3.36. The molecule has 0 radical (unpaired) electrons. The Morgan fingerprint density at radius 1 is 1.52 bits per heavy atom. The molecule has 0 saturated carbocycles. The second kappa shape index (κ2) is 5.31. The van der Waals surface area contributed by atoms with Gasteiger partial charge in [-0.25, -0.2) is 4.79 Å². The number of carbonyl (C=O) groups excluding carboxylic acids is 1. The Bertz CT molecular complexity index is 523. The first kappa shape index (κ1) is 15.8. The molecule has 1 fully saturated rings. The van der Waals surface area contributed by atoms with Gasteiger partial charge in [0.05, 0.1) is 12.2 Å². The molecule has 0 spiro atoms. The summed E-state index contributed by atoms with van der Waals surface area (Å²) < 4.78 is 6.85. The number of aliphatic hydroxyl groups excluding tert-OH is 1. The third-order valence-electron chi connectivity index (χ3n) is 3.52. The van der Waals surface area contributed by atoms with Gasteiger partial charge in [-0.1, -0.05) is 0 Å². The first-order valence-corrected chi connectivity index (χ1v) is 7.00. The van der Waals surface area contributed by atoms with E-state index in [1.807, 2.05) is 0 Å². The van der Waals surface area contributed by atoms with Crippen molar-refractivity contribution in [1.29, 1.82) is 0 Å². The van der Waals surface area contributed by atoms with Gasteiger partial charge in [0.1, 0.15) is 17.3 Å². The summed E-state index contributed by atoms with van der Waals surface area (Å²) in [6.45, 7) is 5.68. The van der Waals surface area contributed by atoms with Crippen LogP contribution < -0.4 is 0 Å². The summed E-state index contributed by atoms with van der Waals surface area (Å²) in [4.78, 5) is 13.4. The molecule has 0 bridgehead atoms. The summed E-state index contributed by atoms with van der Waals surface area (Å²) in [6, 6.07) is 1.67. The van der Waals surface area contributed by atoms with Gasteiger partial charge in [0.2, 0.25) is 0 Å². The normalized spacial score (nSPS) is 26.8. The number of β-amino-alcohol motifs (C(OH)–C–C–N with tert-alkyl or cyclic N) is 1. The van der Waals surface area contributed by atoms with Crippen molar-refractivity contribution in [2.75, 3.05) is 13.1 Å². The number of hydrogen-bond acceptors (Lipinski definition) is 5. The van der Waals surface area contributed by atoms with Gasteiger partial charge < -0.3 is 19.8 Å². The van der Waals surface area contributed by atoms with Gasteiger partial charge >= 0.3 is 6.09 Å². The van der Waals surface area contributed by atoms with E-state index in [2.05, 4.69) is 5.10 Å². The maximum absolute atomic E-state index is 12.0. The standard InChI is InChI=1S/C14H23N3O4/c1-13(2,3)21-12(19)17-8-6-14(20,11(18)9-17)10-5-7-16(4)15-10/h5,7,11,18,20H,6,8-9H2,1-4H3/t11-,14-/m1/s1. The molecule has 7 heteroatoms. The van der Waals surface area contributed by atoms with Crippen molar-refractivity contribution in [3.05, 3.63) is 18.0 Å². The van der Waals surface area contributed by atoms with Crippen LogP contribution in [0.4, 0.5) is 4.79 Å². The van der Waals surface area contributed by atoms with Crippen LogP contribution >= 0.6 is 0 Å². The Kier molecular flexibility index (Phi) is 3.99. The average Bonchev–Trinajstić information content (AvgIpc) is 2.78. The van der Waals surface area contributed by atoms with Gasteiger partial charge in [-0.3, -0.25) is 4.68 Å². The van der Waals surface area contributed by atoms with E-state index in [4.69, 9.17) is 4.74 Å². The van der Waals surface area contributed by atoms with Crippen LogP contribution in [-0.2, 0) is 17.4 Å². The van der Waals surface area contributed by atoms with Crippen molar-refractivity contribution < 1.29 is 19.7 Å². The lowest BCUT2D eigenvalue weighted by Gasteiger charge is -2.41.